The summed E-state index contributed by atoms with van der Waals surface area (Å²) in [5.74, 6) is 0.279. The zero-order valence-electron chi connectivity index (χ0n) is 10.6. The Morgan fingerprint density at radius 2 is 2.22 bits per heavy atom. The van der Waals surface area contributed by atoms with Gasteiger partial charge in [0, 0.05) is 6.54 Å². The van der Waals surface area contributed by atoms with Gasteiger partial charge in [-0.25, -0.2) is 9.97 Å². The van der Waals surface area contributed by atoms with Crippen LogP contribution >= 0.6 is 0 Å². The molecular formula is C12H16N4O2. The Balaban J connectivity index is 2.76. The number of esters is 1. The van der Waals surface area contributed by atoms with Gasteiger partial charge in [-0.2, -0.15) is 5.26 Å². The highest BCUT2D eigenvalue weighted by atomic mass is 16.5. The Morgan fingerprint density at radius 3 is 2.72 bits per heavy atom. The molecule has 0 radical (unpaired) electrons. The SMILES string of the molecule is CCCN(CC(=O)OCC)c1cnc(C#N)cn1. The van der Waals surface area contributed by atoms with Crippen LogP contribution < -0.4 is 4.90 Å². The number of carbonyl (C=O) groups is 1. The zero-order chi connectivity index (χ0) is 13.4. The average Bonchev–Trinajstić information content (AvgIpc) is 2.39. The van der Waals surface area contributed by atoms with Crippen molar-refractivity contribution in [3.8, 4) is 6.07 Å². The Hall–Kier alpha value is -2.16. The number of nitrogens with zero attached hydrogens (tertiary/aromatic N) is 4. The molecule has 1 heterocycles. The number of carbonyl (C=O) groups excluding carboxylic acids is 1. The summed E-state index contributed by atoms with van der Waals surface area (Å²) >= 11 is 0. The van der Waals surface area contributed by atoms with E-state index in [0.29, 0.717) is 19.0 Å². The van der Waals surface area contributed by atoms with Crippen molar-refractivity contribution in [1.82, 2.24) is 9.97 Å². The van der Waals surface area contributed by atoms with Crippen LogP contribution in [0.1, 0.15) is 26.0 Å². The molecule has 0 bridgehead atoms. The van der Waals surface area contributed by atoms with Gasteiger partial charge >= 0.3 is 5.97 Å². The van der Waals surface area contributed by atoms with Gasteiger partial charge in [-0.15, -0.1) is 0 Å². The number of hydrogen-bond acceptors (Lipinski definition) is 6. The van der Waals surface area contributed by atoms with Crippen molar-refractivity contribution in [2.45, 2.75) is 20.3 Å². The third-order valence-electron chi connectivity index (χ3n) is 2.20. The maximum absolute atomic E-state index is 11.5. The molecule has 1 aromatic rings. The molecule has 1 rings (SSSR count). The Morgan fingerprint density at radius 1 is 1.44 bits per heavy atom. The van der Waals surface area contributed by atoms with Crippen molar-refractivity contribution in [3.05, 3.63) is 18.1 Å². The molecule has 0 aliphatic heterocycles. The molecule has 1 aromatic heterocycles. The molecule has 0 fully saturated rings. The second-order valence-corrected chi connectivity index (χ2v) is 3.60. The van der Waals surface area contributed by atoms with E-state index in [2.05, 4.69) is 9.97 Å². The third kappa shape index (κ3) is 4.01. The smallest absolute Gasteiger partial charge is 0.325 e. The van der Waals surface area contributed by atoms with Crippen LogP contribution in [0.15, 0.2) is 12.4 Å². The van der Waals surface area contributed by atoms with Crippen molar-refractivity contribution in [1.29, 1.82) is 5.26 Å². The summed E-state index contributed by atoms with van der Waals surface area (Å²) < 4.78 is 4.90. The van der Waals surface area contributed by atoms with Gasteiger partial charge in [0.15, 0.2) is 5.69 Å². The van der Waals surface area contributed by atoms with Crippen molar-refractivity contribution < 1.29 is 9.53 Å². The van der Waals surface area contributed by atoms with E-state index in [9.17, 15) is 4.79 Å². The van der Waals surface area contributed by atoms with E-state index in [1.807, 2.05) is 13.0 Å². The highest BCUT2D eigenvalue weighted by Crippen LogP contribution is 2.09. The van der Waals surface area contributed by atoms with Crippen LogP contribution in [0.2, 0.25) is 0 Å². The second-order valence-electron chi connectivity index (χ2n) is 3.60. The molecule has 0 saturated carbocycles. The molecule has 0 aliphatic carbocycles. The zero-order valence-corrected chi connectivity index (χ0v) is 10.6. The van der Waals surface area contributed by atoms with Crippen molar-refractivity contribution in [2.75, 3.05) is 24.6 Å². The first kappa shape index (κ1) is 13.9. The molecule has 6 heteroatoms. The highest BCUT2D eigenvalue weighted by Gasteiger charge is 2.13. The molecule has 0 aliphatic rings. The molecule has 6 nitrogen and oxygen atoms in total. The van der Waals surface area contributed by atoms with Gasteiger partial charge < -0.3 is 9.64 Å². The third-order valence-corrected chi connectivity index (χ3v) is 2.20. The molecule has 0 unspecified atom stereocenters. The summed E-state index contributed by atoms with van der Waals surface area (Å²) in [5, 5.41) is 8.65. The first-order chi connectivity index (χ1) is 8.71. The Bertz CT molecular complexity index is 425. The van der Waals surface area contributed by atoms with Gasteiger partial charge in [0.2, 0.25) is 0 Å². The fourth-order valence-corrected chi connectivity index (χ4v) is 1.45. The summed E-state index contributed by atoms with van der Waals surface area (Å²) in [7, 11) is 0. The number of aromatic nitrogens is 2. The van der Waals surface area contributed by atoms with Gasteiger partial charge in [-0.3, -0.25) is 4.79 Å². The van der Waals surface area contributed by atoms with Gasteiger partial charge in [-0.1, -0.05) is 6.92 Å². The number of anilines is 1. The van der Waals surface area contributed by atoms with Crippen LogP contribution in [-0.4, -0.2) is 35.6 Å². The van der Waals surface area contributed by atoms with E-state index < -0.39 is 0 Å². The van der Waals surface area contributed by atoms with E-state index in [1.165, 1.54) is 12.4 Å². The highest BCUT2D eigenvalue weighted by molar-refractivity contribution is 5.75. The van der Waals surface area contributed by atoms with Crippen LogP contribution in [0.5, 0.6) is 0 Å². The van der Waals surface area contributed by atoms with Crippen LogP contribution in [-0.2, 0) is 9.53 Å². The van der Waals surface area contributed by atoms with Gasteiger partial charge in [0.1, 0.15) is 18.4 Å². The summed E-state index contributed by atoms with van der Waals surface area (Å²) in [4.78, 5) is 21.3. The van der Waals surface area contributed by atoms with Crippen LogP contribution in [0.4, 0.5) is 5.82 Å². The number of rotatable bonds is 6. The normalized spacial score (nSPS) is 9.61. The lowest BCUT2D eigenvalue weighted by molar-refractivity contribution is -0.141. The Labute approximate surface area is 106 Å². The molecule has 0 spiro atoms. The maximum atomic E-state index is 11.5. The summed E-state index contributed by atoms with van der Waals surface area (Å²) in [6.45, 7) is 4.96. The van der Waals surface area contributed by atoms with Crippen molar-refractivity contribution in [2.24, 2.45) is 0 Å². The number of ether oxygens (including phenoxy) is 1. The summed E-state index contributed by atoms with van der Waals surface area (Å²) in [6, 6.07) is 1.90. The first-order valence-electron chi connectivity index (χ1n) is 5.84. The Kier molecular flexibility index (Phi) is 5.58. The van der Waals surface area contributed by atoms with Gasteiger partial charge in [0.25, 0.3) is 0 Å². The minimum absolute atomic E-state index is 0.141. The summed E-state index contributed by atoms with van der Waals surface area (Å²) in [6.07, 6.45) is 3.76. The van der Waals surface area contributed by atoms with E-state index in [0.717, 1.165) is 6.42 Å². The van der Waals surface area contributed by atoms with Crippen LogP contribution in [0.3, 0.4) is 0 Å². The molecule has 0 amide bonds. The minimum atomic E-state index is -0.294. The molecular weight excluding hydrogens is 232 g/mol. The quantitative estimate of drug-likeness (QED) is 0.702. The van der Waals surface area contributed by atoms with Gasteiger partial charge in [0.05, 0.1) is 19.0 Å². The largest absolute Gasteiger partial charge is 0.465 e. The average molecular weight is 248 g/mol. The number of nitriles is 1. The first-order valence-corrected chi connectivity index (χ1v) is 5.84. The van der Waals surface area contributed by atoms with E-state index >= 15 is 0 Å². The molecule has 18 heavy (non-hydrogen) atoms. The predicted molar refractivity (Wildman–Crippen MR) is 65.9 cm³/mol. The minimum Gasteiger partial charge on any atom is -0.465 e. The lowest BCUT2D eigenvalue weighted by atomic mass is 10.4. The lowest BCUT2D eigenvalue weighted by Crippen LogP contribution is -2.32. The topological polar surface area (TPSA) is 79.1 Å². The van der Waals surface area contributed by atoms with E-state index in [1.54, 1.807) is 11.8 Å². The maximum Gasteiger partial charge on any atom is 0.325 e. The lowest BCUT2D eigenvalue weighted by Gasteiger charge is -2.21. The standard InChI is InChI=1S/C12H16N4O2/c1-3-5-16(9-12(17)18-4-2)11-8-14-10(6-13)7-15-11/h7-8H,3-5,9H2,1-2H3. The molecule has 0 atom stereocenters. The van der Waals surface area contributed by atoms with Gasteiger partial charge in [-0.05, 0) is 13.3 Å². The summed E-state index contributed by atoms with van der Waals surface area (Å²) in [5.41, 5.74) is 0.256. The van der Waals surface area contributed by atoms with Crippen molar-refractivity contribution in [3.63, 3.8) is 0 Å². The van der Waals surface area contributed by atoms with E-state index in [-0.39, 0.29) is 18.2 Å². The fourth-order valence-electron chi connectivity index (χ4n) is 1.45. The fraction of sp³-hybridized carbons (Fsp3) is 0.500. The van der Waals surface area contributed by atoms with Crippen molar-refractivity contribution >= 4 is 11.8 Å². The second kappa shape index (κ2) is 7.22. The molecule has 96 valence electrons. The molecule has 0 N–H and O–H groups in total. The van der Waals surface area contributed by atoms with Crippen LogP contribution in [0.25, 0.3) is 0 Å². The monoisotopic (exact) mass is 248 g/mol. The predicted octanol–water partition coefficient (Wildman–Crippen LogP) is 1.13. The molecule has 0 saturated heterocycles. The van der Waals surface area contributed by atoms with E-state index in [4.69, 9.17) is 10.00 Å². The number of hydrogen-bond donors (Lipinski definition) is 0. The van der Waals surface area contributed by atoms with Crippen LogP contribution in [0, 0.1) is 11.3 Å². The molecule has 0 aromatic carbocycles.